The maximum atomic E-state index is 11.5. The second-order valence-electron chi connectivity index (χ2n) is 4.12. The van der Waals surface area contributed by atoms with Crippen molar-refractivity contribution in [2.24, 2.45) is 5.92 Å². The predicted molar refractivity (Wildman–Crippen MR) is 49.3 cm³/mol. The number of carbonyl (C=O) groups is 1. The first-order chi connectivity index (χ1) is 6.68. The summed E-state index contributed by atoms with van der Waals surface area (Å²) in [6, 6.07) is 0.308. The van der Waals surface area contributed by atoms with Crippen LogP contribution in [0.25, 0.3) is 0 Å². The molecule has 0 N–H and O–H groups in total. The first-order valence-corrected chi connectivity index (χ1v) is 5.10. The highest BCUT2D eigenvalue weighted by atomic mass is 16.6. The lowest BCUT2D eigenvalue weighted by Gasteiger charge is -2.21. The van der Waals surface area contributed by atoms with Crippen LogP contribution in [0.2, 0.25) is 0 Å². The van der Waals surface area contributed by atoms with Crippen molar-refractivity contribution in [1.29, 1.82) is 0 Å². The smallest absolute Gasteiger partial charge is 0.294 e. The van der Waals surface area contributed by atoms with Crippen molar-refractivity contribution in [2.75, 3.05) is 13.1 Å². The number of rotatable bonds is 2. The van der Waals surface area contributed by atoms with Crippen LogP contribution < -0.4 is 0 Å². The van der Waals surface area contributed by atoms with Crippen molar-refractivity contribution in [2.45, 2.75) is 31.7 Å². The van der Waals surface area contributed by atoms with E-state index >= 15 is 0 Å². The summed E-state index contributed by atoms with van der Waals surface area (Å²) >= 11 is 0. The Bertz CT molecular complexity index is 267. The Kier molecular flexibility index (Phi) is 2.39. The van der Waals surface area contributed by atoms with Crippen molar-refractivity contribution >= 4 is 5.91 Å². The molecule has 0 bridgehead atoms. The van der Waals surface area contributed by atoms with Crippen LogP contribution in [0.3, 0.4) is 0 Å². The van der Waals surface area contributed by atoms with Gasteiger partial charge in [-0.15, -0.1) is 0 Å². The normalized spacial score (nSPS) is 30.4. The number of likely N-dealkylation sites (tertiary alicyclic amines) is 1. The third kappa shape index (κ3) is 1.58. The lowest BCUT2D eigenvalue weighted by Crippen LogP contribution is -2.39. The van der Waals surface area contributed by atoms with Crippen molar-refractivity contribution < 1.29 is 9.72 Å². The molecule has 2 atom stereocenters. The topological polar surface area (TPSA) is 63.4 Å². The average molecular weight is 198 g/mol. The molecular formula is C9H14N2O3. The molecule has 0 aromatic rings. The van der Waals surface area contributed by atoms with Crippen LogP contribution in [-0.2, 0) is 4.79 Å². The van der Waals surface area contributed by atoms with E-state index in [1.807, 2.05) is 0 Å². The molecule has 1 saturated carbocycles. The zero-order valence-corrected chi connectivity index (χ0v) is 8.02. The molecule has 2 rings (SSSR count). The predicted octanol–water partition coefficient (Wildman–Crippen LogP) is 0.664. The molecule has 78 valence electrons. The highest BCUT2D eigenvalue weighted by Crippen LogP contribution is 2.37. The summed E-state index contributed by atoms with van der Waals surface area (Å²) < 4.78 is 0. The van der Waals surface area contributed by atoms with Gasteiger partial charge >= 0.3 is 0 Å². The summed E-state index contributed by atoms with van der Waals surface area (Å²) in [5, 5.41) is 10.2. The van der Waals surface area contributed by atoms with Gasteiger partial charge in [0.15, 0.2) is 0 Å². The summed E-state index contributed by atoms with van der Waals surface area (Å²) in [6.45, 7) is 0.186. The van der Waals surface area contributed by atoms with E-state index in [9.17, 15) is 14.9 Å². The lowest BCUT2D eigenvalue weighted by molar-refractivity contribution is -0.468. The largest absolute Gasteiger partial charge is 0.334 e. The Labute approximate surface area is 82.2 Å². The van der Waals surface area contributed by atoms with Gasteiger partial charge in [-0.1, -0.05) is 6.42 Å². The zero-order valence-electron chi connectivity index (χ0n) is 8.02. The van der Waals surface area contributed by atoms with Crippen molar-refractivity contribution in [3.8, 4) is 0 Å². The number of nitro groups is 1. The fourth-order valence-corrected chi connectivity index (χ4v) is 2.75. The summed E-state index contributed by atoms with van der Waals surface area (Å²) in [5.74, 6) is 0.315. The van der Waals surface area contributed by atoms with E-state index in [0.29, 0.717) is 12.0 Å². The van der Waals surface area contributed by atoms with Crippen molar-refractivity contribution in [3.05, 3.63) is 10.1 Å². The molecule has 1 aliphatic carbocycles. The summed E-state index contributed by atoms with van der Waals surface area (Å²) in [7, 11) is 0. The molecule has 1 amide bonds. The maximum Gasteiger partial charge on any atom is 0.294 e. The van der Waals surface area contributed by atoms with Crippen molar-refractivity contribution in [3.63, 3.8) is 0 Å². The third-order valence-corrected chi connectivity index (χ3v) is 3.34. The lowest BCUT2D eigenvalue weighted by atomic mass is 10.0. The standard InChI is InChI=1S/C9H14N2O3/c12-9(6-11(13)14)10-5-4-7-2-1-3-8(7)10/h7-8H,1-6H2/t7-,8-/m1/s1. The molecule has 1 saturated heterocycles. The van der Waals surface area contributed by atoms with Crippen molar-refractivity contribution in [1.82, 2.24) is 4.90 Å². The molecule has 2 aliphatic rings. The Morgan fingerprint density at radius 1 is 1.43 bits per heavy atom. The number of fused-ring (bicyclic) bond motifs is 1. The first-order valence-electron chi connectivity index (χ1n) is 5.10. The molecule has 0 aromatic carbocycles. The zero-order chi connectivity index (χ0) is 10.1. The summed E-state index contributed by atoms with van der Waals surface area (Å²) in [6.07, 6.45) is 4.42. The van der Waals surface area contributed by atoms with Gasteiger partial charge in [0.2, 0.25) is 0 Å². The highest BCUT2D eigenvalue weighted by molar-refractivity contribution is 5.77. The van der Waals surface area contributed by atoms with E-state index < -0.39 is 11.5 Å². The van der Waals surface area contributed by atoms with Gasteiger partial charge in [0.1, 0.15) is 0 Å². The van der Waals surface area contributed by atoms with Crippen LogP contribution in [0.4, 0.5) is 0 Å². The fourth-order valence-electron chi connectivity index (χ4n) is 2.75. The minimum Gasteiger partial charge on any atom is -0.334 e. The van der Waals surface area contributed by atoms with Crippen LogP contribution >= 0.6 is 0 Å². The van der Waals surface area contributed by atoms with Gasteiger partial charge < -0.3 is 4.90 Å². The van der Waals surface area contributed by atoms with Gasteiger partial charge in [-0.25, -0.2) is 0 Å². The second-order valence-corrected chi connectivity index (χ2v) is 4.12. The SMILES string of the molecule is O=C(C[N+](=O)[O-])N1CC[C@H]2CCC[C@H]21. The van der Waals surface area contributed by atoms with Crippen LogP contribution in [0.15, 0.2) is 0 Å². The Balaban J connectivity index is 1.97. The maximum absolute atomic E-state index is 11.5. The molecule has 5 nitrogen and oxygen atoms in total. The Morgan fingerprint density at radius 2 is 2.21 bits per heavy atom. The van der Waals surface area contributed by atoms with Gasteiger partial charge in [0.25, 0.3) is 12.5 Å². The van der Waals surface area contributed by atoms with Crippen LogP contribution in [0.1, 0.15) is 25.7 Å². The van der Waals surface area contributed by atoms with Gasteiger partial charge in [0.05, 0.1) is 0 Å². The van der Waals surface area contributed by atoms with E-state index in [-0.39, 0.29) is 5.91 Å². The summed E-state index contributed by atoms with van der Waals surface area (Å²) in [5.41, 5.74) is 0. The van der Waals surface area contributed by atoms with E-state index in [0.717, 1.165) is 25.8 Å². The number of hydrogen-bond donors (Lipinski definition) is 0. The average Bonchev–Trinajstić information content (AvgIpc) is 2.59. The minimum absolute atomic E-state index is 0.301. The van der Waals surface area contributed by atoms with E-state index in [2.05, 4.69) is 0 Å². The number of carbonyl (C=O) groups excluding carboxylic acids is 1. The first kappa shape index (κ1) is 9.43. The van der Waals surface area contributed by atoms with Gasteiger partial charge in [-0.2, -0.15) is 0 Å². The fraction of sp³-hybridized carbons (Fsp3) is 0.889. The molecule has 0 unspecified atom stereocenters. The van der Waals surface area contributed by atoms with Crippen LogP contribution in [-0.4, -0.2) is 34.9 Å². The monoisotopic (exact) mass is 198 g/mol. The van der Waals surface area contributed by atoms with E-state index in [1.54, 1.807) is 4.90 Å². The Morgan fingerprint density at radius 3 is 2.93 bits per heavy atom. The minimum atomic E-state index is -0.538. The molecule has 2 fully saturated rings. The molecular weight excluding hydrogens is 184 g/mol. The number of amides is 1. The molecule has 0 radical (unpaired) electrons. The molecule has 5 heteroatoms. The Hall–Kier alpha value is -1.13. The third-order valence-electron chi connectivity index (χ3n) is 3.34. The molecule has 14 heavy (non-hydrogen) atoms. The summed E-state index contributed by atoms with van der Waals surface area (Å²) in [4.78, 5) is 22.9. The van der Waals surface area contributed by atoms with E-state index in [4.69, 9.17) is 0 Å². The molecule has 0 aromatic heterocycles. The van der Waals surface area contributed by atoms with Gasteiger partial charge in [0, 0.05) is 17.5 Å². The van der Waals surface area contributed by atoms with Gasteiger partial charge in [-0.05, 0) is 25.2 Å². The number of hydrogen-bond acceptors (Lipinski definition) is 3. The van der Waals surface area contributed by atoms with E-state index in [1.165, 1.54) is 6.42 Å². The molecule has 1 aliphatic heterocycles. The quantitative estimate of drug-likeness (QED) is 0.483. The van der Waals surface area contributed by atoms with Gasteiger partial charge in [-0.3, -0.25) is 14.9 Å². The van der Waals surface area contributed by atoms with Crippen LogP contribution in [0.5, 0.6) is 0 Å². The highest BCUT2D eigenvalue weighted by Gasteiger charge is 2.40. The second kappa shape index (κ2) is 3.55. The molecule has 1 heterocycles. The van der Waals surface area contributed by atoms with Crippen LogP contribution in [0, 0.1) is 16.0 Å². The molecule has 0 spiro atoms. The number of nitrogens with zero attached hydrogens (tertiary/aromatic N) is 2.